The van der Waals surface area contributed by atoms with Crippen LogP contribution in [-0.2, 0) is 0 Å². The topological polar surface area (TPSA) is 44.5 Å². The van der Waals surface area contributed by atoms with E-state index in [1.165, 1.54) is 0 Å². The van der Waals surface area contributed by atoms with Gasteiger partial charge in [-0.05, 0) is 23.6 Å². The summed E-state index contributed by atoms with van der Waals surface area (Å²) in [5.74, 6) is 2.10. The molecule has 0 amide bonds. The van der Waals surface area contributed by atoms with Gasteiger partial charge in [-0.25, -0.2) is 0 Å². The van der Waals surface area contributed by atoms with Gasteiger partial charge in [-0.1, -0.05) is 26.3 Å². The summed E-state index contributed by atoms with van der Waals surface area (Å²) >= 11 is 0. The number of rotatable bonds is 3. The SMILES string of the molecule is CCC(C)[C@H](N)c1ccc2c(c1)OCO2. The molecule has 15 heavy (non-hydrogen) atoms. The lowest BCUT2D eigenvalue weighted by molar-refractivity contribution is 0.174. The predicted octanol–water partition coefficient (Wildman–Crippen LogP) is 2.46. The third-order valence-corrected chi connectivity index (χ3v) is 3.04. The summed E-state index contributed by atoms with van der Waals surface area (Å²) in [6, 6.07) is 6.01. The number of hydrogen-bond donors (Lipinski definition) is 1. The summed E-state index contributed by atoms with van der Waals surface area (Å²) < 4.78 is 10.6. The minimum Gasteiger partial charge on any atom is -0.454 e. The van der Waals surface area contributed by atoms with Crippen LogP contribution in [-0.4, -0.2) is 6.79 Å². The highest BCUT2D eigenvalue weighted by atomic mass is 16.7. The van der Waals surface area contributed by atoms with Crippen molar-refractivity contribution >= 4 is 0 Å². The van der Waals surface area contributed by atoms with Gasteiger partial charge in [0.05, 0.1) is 0 Å². The molecule has 1 aliphatic heterocycles. The Morgan fingerprint density at radius 1 is 1.33 bits per heavy atom. The molecule has 1 unspecified atom stereocenters. The third-order valence-electron chi connectivity index (χ3n) is 3.04. The molecule has 0 aliphatic carbocycles. The molecule has 0 spiro atoms. The van der Waals surface area contributed by atoms with Crippen molar-refractivity contribution in [3.63, 3.8) is 0 Å². The second-order valence-electron chi connectivity index (χ2n) is 4.02. The van der Waals surface area contributed by atoms with E-state index in [1.807, 2.05) is 18.2 Å². The monoisotopic (exact) mass is 207 g/mol. The van der Waals surface area contributed by atoms with E-state index in [9.17, 15) is 0 Å². The van der Waals surface area contributed by atoms with Crippen molar-refractivity contribution in [1.82, 2.24) is 0 Å². The highest BCUT2D eigenvalue weighted by molar-refractivity contribution is 5.45. The smallest absolute Gasteiger partial charge is 0.231 e. The number of benzene rings is 1. The van der Waals surface area contributed by atoms with Gasteiger partial charge in [0.15, 0.2) is 11.5 Å². The Balaban J connectivity index is 2.22. The lowest BCUT2D eigenvalue weighted by Crippen LogP contribution is -2.18. The van der Waals surface area contributed by atoms with E-state index in [4.69, 9.17) is 15.2 Å². The molecule has 1 aromatic rings. The molecule has 0 radical (unpaired) electrons. The molecular weight excluding hydrogens is 190 g/mol. The summed E-state index contributed by atoms with van der Waals surface area (Å²) in [6.07, 6.45) is 1.08. The third kappa shape index (κ3) is 1.92. The first kappa shape index (κ1) is 10.3. The minimum atomic E-state index is 0.0736. The van der Waals surface area contributed by atoms with Gasteiger partial charge in [-0.15, -0.1) is 0 Å². The molecule has 1 aromatic carbocycles. The average Bonchev–Trinajstić information content (AvgIpc) is 2.73. The van der Waals surface area contributed by atoms with Gasteiger partial charge >= 0.3 is 0 Å². The van der Waals surface area contributed by atoms with Crippen LogP contribution < -0.4 is 15.2 Å². The van der Waals surface area contributed by atoms with Crippen LogP contribution in [0.4, 0.5) is 0 Å². The Kier molecular flexibility index (Phi) is 2.82. The average molecular weight is 207 g/mol. The summed E-state index contributed by atoms with van der Waals surface area (Å²) in [5, 5.41) is 0. The Labute approximate surface area is 90.2 Å². The first-order valence-corrected chi connectivity index (χ1v) is 5.37. The van der Waals surface area contributed by atoms with Crippen LogP contribution in [0.2, 0.25) is 0 Å². The van der Waals surface area contributed by atoms with E-state index < -0.39 is 0 Å². The maximum Gasteiger partial charge on any atom is 0.231 e. The molecule has 3 nitrogen and oxygen atoms in total. The van der Waals surface area contributed by atoms with Gasteiger partial charge in [0.1, 0.15) is 0 Å². The summed E-state index contributed by atoms with van der Waals surface area (Å²) in [7, 11) is 0. The van der Waals surface area contributed by atoms with Crippen molar-refractivity contribution in [2.24, 2.45) is 11.7 Å². The van der Waals surface area contributed by atoms with Crippen molar-refractivity contribution in [2.45, 2.75) is 26.3 Å². The maximum absolute atomic E-state index is 6.15. The first-order chi connectivity index (χ1) is 7.22. The zero-order chi connectivity index (χ0) is 10.8. The van der Waals surface area contributed by atoms with Crippen molar-refractivity contribution in [3.8, 4) is 11.5 Å². The lowest BCUT2D eigenvalue weighted by Gasteiger charge is -2.18. The summed E-state index contributed by atoms with van der Waals surface area (Å²) in [6.45, 7) is 4.63. The normalized spacial score (nSPS) is 17.5. The van der Waals surface area contributed by atoms with E-state index in [0.29, 0.717) is 12.7 Å². The van der Waals surface area contributed by atoms with Gasteiger partial charge in [0.25, 0.3) is 0 Å². The zero-order valence-electron chi connectivity index (χ0n) is 9.19. The number of fused-ring (bicyclic) bond motifs is 1. The number of ether oxygens (including phenoxy) is 2. The number of nitrogens with two attached hydrogens (primary N) is 1. The second-order valence-corrected chi connectivity index (χ2v) is 4.02. The summed E-state index contributed by atoms with van der Waals surface area (Å²) in [4.78, 5) is 0. The Bertz CT molecular complexity index is 351. The van der Waals surface area contributed by atoms with Gasteiger partial charge in [0, 0.05) is 6.04 Å². The van der Waals surface area contributed by atoms with Crippen molar-refractivity contribution < 1.29 is 9.47 Å². The van der Waals surface area contributed by atoms with Crippen molar-refractivity contribution in [1.29, 1.82) is 0 Å². The first-order valence-electron chi connectivity index (χ1n) is 5.37. The molecule has 2 N–H and O–H groups in total. The standard InChI is InChI=1S/C12H17NO2/c1-3-8(2)12(13)9-4-5-10-11(6-9)15-7-14-10/h4-6,8,12H,3,7,13H2,1-2H3/t8?,12-/m0/s1. The quantitative estimate of drug-likeness (QED) is 0.828. The lowest BCUT2D eigenvalue weighted by atomic mass is 9.93. The molecule has 1 heterocycles. The highest BCUT2D eigenvalue weighted by Crippen LogP contribution is 2.35. The van der Waals surface area contributed by atoms with Gasteiger partial charge in [-0.2, -0.15) is 0 Å². The van der Waals surface area contributed by atoms with Gasteiger partial charge in [0.2, 0.25) is 6.79 Å². The van der Waals surface area contributed by atoms with Crippen LogP contribution in [0.1, 0.15) is 31.9 Å². The molecule has 0 saturated carbocycles. The Morgan fingerprint density at radius 2 is 2.07 bits per heavy atom. The molecular formula is C12H17NO2. The van der Waals surface area contributed by atoms with Crippen LogP contribution in [0, 0.1) is 5.92 Å². The molecule has 2 atom stereocenters. The molecule has 3 heteroatoms. The maximum atomic E-state index is 6.15. The van der Waals surface area contributed by atoms with E-state index in [2.05, 4.69) is 13.8 Å². The van der Waals surface area contributed by atoms with Crippen LogP contribution in [0.25, 0.3) is 0 Å². The molecule has 0 aromatic heterocycles. The zero-order valence-corrected chi connectivity index (χ0v) is 9.19. The fraction of sp³-hybridized carbons (Fsp3) is 0.500. The predicted molar refractivity (Wildman–Crippen MR) is 58.9 cm³/mol. The summed E-state index contributed by atoms with van der Waals surface area (Å²) in [5.41, 5.74) is 7.27. The highest BCUT2D eigenvalue weighted by Gasteiger charge is 2.18. The number of hydrogen-bond acceptors (Lipinski definition) is 3. The van der Waals surface area contributed by atoms with Gasteiger partial charge < -0.3 is 15.2 Å². The minimum absolute atomic E-state index is 0.0736. The molecule has 1 aliphatic rings. The van der Waals surface area contributed by atoms with E-state index in [0.717, 1.165) is 23.5 Å². The van der Waals surface area contributed by atoms with Crippen LogP contribution in [0.15, 0.2) is 18.2 Å². The molecule has 2 rings (SSSR count). The van der Waals surface area contributed by atoms with Crippen molar-refractivity contribution in [2.75, 3.05) is 6.79 Å². The van der Waals surface area contributed by atoms with E-state index in [1.54, 1.807) is 0 Å². The fourth-order valence-electron chi connectivity index (χ4n) is 1.70. The molecule has 0 saturated heterocycles. The largest absolute Gasteiger partial charge is 0.454 e. The van der Waals surface area contributed by atoms with E-state index in [-0.39, 0.29) is 6.04 Å². The molecule has 82 valence electrons. The Hall–Kier alpha value is -1.22. The molecule has 0 bridgehead atoms. The van der Waals surface area contributed by atoms with Crippen molar-refractivity contribution in [3.05, 3.63) is 23.8 Å². The van der Waals surface area contributed by atoms with Crippen LogP contribution in [0.5, 0.6) is 11.5 Å². The molecule has 0 fully saturated rings. The van der Waals surface area contributed by atoms with E-state index >= 15 is 0 Å². The van der Waals surface area contributed by atoms with Crippen LogP contribution >= 0.6 is 0 Å². The Morgan fingerprint density at radius 3 is 2.80 bits per heavy atom. The second kappa shape index (κ2) is 4.11. The van der Waals surface area contributed by atoms with Gasteiger partial charge in [-0.3, -0.25) is 0 Å². The fourth-order valence-corrected chi connectivity index (χ4v) is 1.70. The van der Waals surface area contributed by atoms with Crippen LogP contribution in [0.3, 0.4) is 0 Å².